The lowest BCUT2D eigenvalue weighted by molar-refractivity contribution is -0.131. The van der Waals surface area contributed by atoms with Gasteiger partial charge in [0, 0.05) is 11.6 Å². The first-order valence-electron chi connectivity index (χ1n) is 8.17. The molecule has 1 N–H and O–H groups in total. The van der Waals surface area contributed by atoms with Crippen LogP contribution in [-0.4, -0.2) is 16.2 Å². The Hall–Kier alpha value is -3.66. The molecule has 126 valence electrons. The molecule has 4 rings (SSSR count). The number of rotatable bonds is 4. The Morgan fingerprint density at radius 1 is 0.885 bits per heavy atom. The molecule has 0 saturated heterocycles. The lowest BCUT2D eigenvalue weighted by Gasteiger charge is -2.03. The van der Waals surface area contributed by atoms with Crippen LogP contribution < -0.4 is 0 Å². The van der Waals surface area contributed by atoms with Crippen LogP contribution in [0.2, 0.25) is 0 Å². The lowest BCUT2D eigenvalue weighted by atomic mass is 10.0. The highest BCUT2D eigenvalue weighted by molar-refractivity contribution is 5.94. The van der Waals surface area contributed by atoms with Crippen LogP contribution in [0.15, 0.2) is 83.4 Å². The van der Waals surface area contributed by atoms with Crippen LogP contribution >= 0.6 is 0 Å². The molecule has 1 heterocycles. The van der Waals surface area contributed by atoms with E-state index in [-0.39, 0.29) is 0 Å². The Bertz CT molecular complexity index is 1090. The second-order valence-corrected chi connectivity index (χ2v) is 5.90. The summed E-state index contributed by atoms with van der Waals surface area (Å²) in [5.41, 5.74) is 4.72. The van der Waals surface area contributed by atoms with Gasteiger partial charge in [0.25, 0.3) is 0 Å². The van der Waals surface area contributed by atoms with Gasteiger partial charge in [0.05, 0.1) is 5.39 Å². The fourth-order valence-electron chi connectivity index (χ4n) is 2.88. The summed E-state index contributed by atoms with van der Waals surface area (Å²) < 4.78 is 5.54. The molecular weight excluding hydrogens is 326 g/mol. The van der Waals surface area contributed by atoms with Crippen molar-refractivity contribution in [1.82, 2.24) is 5.16 Å². The number of hydrogen-bond donors (Lipinski definition) is 1. The largest absolute Gasteiger partial charge is 0.478 e. The van der Waals surface area contributed by atoms with Crippen molar-refractivity contribution >= 4 is 22.9 Å². The lowest BCUT2D eigenvalue weighted by Crippen LogP contribution is -1.85. The molecule has 0 spiro atoms. The molecule has 4 heteroatoms. The average Bonchev–Trinajstić information content (AvgIpc) is 3.10. The number of carboxylic acids is 1. The third-order valence-electron chi connectivity index (χ3n) is 4.17. The maximum atomic E-state index is 10.7. The van der Waals surface area contributed by atoms with Gasteiger partial charge in [-0.05, 0) is 34.9 Å². The summed E-state index contributed by atoms with van der Waals surface area (Å²) in [4.78, 5) is 10.7. The van der Waals surface area contributed by atoms with E-state index in [1.54, 1.807) is 6.08 Å². The highest BCUT2D eigenvalue weighted by Gasteiger charge is 2.11. The molecule has 4 aromatic rings. The van der Waals surface area contributed by atoms with E-state index >= 15 is 0 Å². The predicted octanol–water partition coefficient (Wildman–Crippen LogP) is 5.26. The topological polar surface area (TPSA) is 63.3 Å². The Labute approximate surface area is 150 Å². The predicted molar refractivity (Wildman–Crippen MR) is 102 cm³/mol. The summed E-state index contributed by atoms with van der Waals surface area (Å²) in [6.45, 7) is 0. The second kappa shape index (κ2) is 6.69. The zero-order valence-corrected chi connectivity index (χ0v) is 13.8. The van der Waals surface area contributed by atoms with Crippen molar-refractivity contribution in [1.29, 1.82) is 0 Å². The molecule has 0 aliphatic rings. The van der Waals surface area contributed by atoms with E-state index in [0.29, 0.717) is 5.76 Å². The van der Waals surface area contributed by atoms with E-state index in [9.17, 15) is 4.79 Å². The normalized spacial score (nSPS) is 11.2. The van der Waals surface area contributed by atoms with E-state index in [4.69, 9.17) is 9.63 Å². The molecule has 0 amide bonds. The molecule has 0 bridgehead atoms. The Morgan fingerprint density at radius 2 is 1.58 bits per heavy atom. The number of carbonyl (C=O) groups is 1. The van der Waals surface area contributed by atoms with Crippen LogP contribution in [0.25, 0.3) is 39.4 Å². The second-order valence-electron chi connectivity index (χ2n) is 5.90. The van der Waals surface area contributed by atoms with Crippen molar-refractivity contribution in [3.05, 3.63) is 84.4 Å². The zero-order valence-electron chi connectivity index (χ0n) is 13.8. The van der Waals surface area contributed by atoms with Gasteiger partial charge < -0.3 is 9.63 Å². The maximum absolute atomic E-state index is 10.7. The monoisotopic (exact) mass is 341 g/mol. The summed E-state index contributed by atoms with van der Waals surface area (Å²) in [5.74, 6) is -0.308. The van der Waals surface area contributed by atoms with Crippen molar-refractivity contribution in [2.75, 3.05) is 0 Å². The van der Waals surface area contributed by atoms with Crippen molar-refractivity contribution in [3.8, 4) is 22.5 Å². The average molecular weight is 341 g/mol. The van der Waals surface area contributed by atoms with Crippen molar-refractivity contribution in [2.24, 2.45) is 0 Å². The van der Waals surface area contributed by atoms with Crippen LogP contribution in [0, 0.1) is 0 Å². The van der Waals surface area contributed by atoms with Gasteiger partial charge in [0.15, 0.2) is 5.76 Å². The van der Waals surface area contributed by atoms with Gasteiger partial charge in [-0.25, -0.2) is 4.79 Å². The van der Waals surface area contributed by atoms with E-state index in [0.717, 1.165) is 39.2 Å². The van der Waals surface area contributed by atoms with E-state index in [2.05, 4.69) is 17.3 Å². The molecule has 0 atom stereocenters. The standard InChI is InChI=1S/C22H15NO3/c24-21(25)13-7-15-6-12-20-19(14-15)22(26-23-20)18-10-8-17(9-11-18)16-4-2-1-3-5-16/h1-14H,(H,24,25). The van der Waals surface area contributed by atoms with Gasteiger partial charge in [-0.2, -0.15) is 0 Å². The van der Waals surface area contributed by atoms with Gasteiger partial charge in [0.1, 0.15) is 5.52 Å². The third kappa shape index (κ3) is 3.13. The quantitative estimate of drug-likeness (QED) is 0.514. The minimum absolute atomic E-state index is 0.671. The summed E-state index contributed by atoms with van der Waals surface area (Å²) in [7, 11) is 0. The van der Waals surface area contributed by atoms with Gasteiger partial charge >= 0.3 is 5.97 Å². The van der Waals surface area contributed by atoms with E-state index < -0.39 is 5.97 Å². The fraction of sp³-hybridized carbons (Fsp3) is 0. The van der Waals surface area contributed by atoms with E-state index in [1.165, 1.54) is 0 Å². The molecule has 1 aromatic heterocycles. The number of aliphatic carboxylic acids is 1. The summed E-state index contributed by atoms with van der Waals surface area (Å²) in [6.07, 6.45) is 2.67. The van der Waals surface area contributed by atoms with Gasteiger partial charge in [-0.3, -0.25) is 0 Å². The molecule has 0 aliphatic carbocycles. The molecule has 0 saturated carbocycles. The van der Waals surface area contributed by atoms with Crippen LogP contribution in [-0.2, 0) is 4.79 Å². The van der Waals surface area contributed by atoms with E-state index in [1.807, 2.05) is 60.7 Å². The number of hydrogen-bond acceptors (Lipinski definition) is 3. The first kappa shape index (κ1) is 15.8. The van der Waals surface area contributed by atoms with Crippen LogP contribution in [0.3, 0.4) is 0 Å². The Kier molecular flexibility index (Phi) is 4.07. The molecular formula is C22H15NO3. The molecule has 3 aromatic carbocycles. The Balaban J connectivity index is 1.72. The van der Waals surface area contributed by atoms with Crippen LogP contribution in [0.4, 0.5) is 0 Å². The fourth-order valence-corrected chi connectivity index (χ4v) is 2.88. The molecule has 0 unspecified atom stereocenters. The maximum Gasteiger partial charge on any atom is 0.328 e. The first-order valence-corrected chi connectivity index (χ1v) is 8.17. The molecule has 0 fully saturated rings. The molecule has 0 aliphatic heterocycles. The van der Waals surface area contributed by atoms with Crippen LogP contribution in [0.1, 0.15) is 5.56 Å². The number of aromatic nitrogens is 1. The van der Waals surface area contributed by atoms with Gasteiger partial charge in [0.2, 0.25) is 0 Å². The van der Waals surface area contributed by atoms with Gasteiger partial charge in [-0.15, -0.1) is 0 Å². The number of benzene rings is 3. The molecule has 4 nitrogen and oxygen atoms in total. The number of nitrogens with zero attached hydrogens (tertiary/aromatic N) is 1. The summed E-state index contributed by atoms with van der Waals surface area (Å²) in [5, 5.41) is 13.7. The highest BCUT2D eigenvalue weighted by Crippen LogP contribution is 2.31. The van der Waals surface area contributed by atoms with Crippen molar-refractivity contribution in [3.63, 3.8) is 0 Å². The third-order valence-corrected chi connectivity index (χ3v) is 4.17. The summed E-state index contributed by atoms with van der Waals surface area (Å²) >= 11 is 0. The summed E-state index contributed by atoms with van der Waals surface area (Å²) in [6, 6.07) is 23.8. The zero-order chi connectivity index (χ0) is 17.9. The van der Waals surface area contributed by atoms with Gasteiger partial charge in [-0.1, -0.05) is 65.8 Å². The van der Waals surface area contributed by atoms with Crippen LogP contribution in [0.5, 0.6) is 0 Å². The minimum Gasteiger partial charge on any atom is -0.478 e. The minimum atomic E-state index is -0.980. The smallest absolute Gasteiger partial charge is 0.328 e. The number of carboxylic acid groups (broad SMARTS) is 1. The van der Waals surface area contributed by atoms with Crippen molar-refractivity contribution in [2.45, 2.75) is 0 Å². The molecule has 0 radical (unpaired) electrons. The first-order chi connectivity index (χ1) is 12.7. The SMILES string of the molecule is O=C(O)C=Cc1ccc2noc(-c3ccc(-c4ccccc4)cc3)c2c1. The molecule has 26 heavy (non-hydrogen) atoms. The Morgan fingerprint density at radius 3 is 2.31 bits per heavy atom. The number of fused-ring (bicyclic) bond motifs is 1. The highest BCUT2D eigenvalue weighted by atomic mass is 16.5. The van der Waals surface area contributed by atoms with Crippen molar-refractivity contribution < 1.29 is 14.4 Å².